The second-order valence-electron chi connectivity index (χ2n) is 6.77. The number of carbonyl (C=O) groups is 2. The van der Waals surface area contributed by atoms with E-state index in [1.165, 1.54) is 7.11 Å². The highest BCUT2D eigenvalue weighted by atomic mass is 19.5. The number of nitrogens with zero attached hydrogens (tertiary/aromatic N) is 1. The van der Waals surface area contributed by atoms with Crippen LogP contribution >= 0.6 is 0 Å². The van der Waals surface area contributed by atoms with Crippen molar-refractivity contribution in [1.82, 2.24) is 10.6 Å². The highest BCUT2D eigenvalue weighted by Crippen LogP contribution is 2.07. The van der Waals surface area contributed by atoms with Gasteiger partial charge in [0.15, 0.2) is 6.20 Å². The molecule has 0 spiro atoms. The number of hydrogen-bond donors (Lipinski definition) is 2. The van der Waals surface area contributed by atoms with Crippen LogP contribution < -0.4 is 15.2 Å². The van der Waals surface area contributed by atoms with Crippen molar-refractivity contribution in [2.45, 2.75) is 59.2 Å². The zero-order chi connectivity index (χ0) is 22.4. The van der Waals surface area contributed by atoms with Gasteiger partial charge in [0.2, 0.25) is 5.69 Å². The zero-order valence-corrected chi connectivity index (χ0v) is 17.3. The van der Waals surface area contributed by atoms with Crippen LogP contribution in [0.1, 0.15) is 45.7 Å². The first kappa shape index (κ1) is 26.7. The molecule has 29 heavy (non-hydrogen) atoms. The van der Waals surface area contributed by atoms with E-state index in [1.807, 2.05) is 38.2 Å². The largest absolute Gasteiger partial charge is 0.673 e. The molecule has 0 radical (unpaired) electrons. The number of urea groups is 1. The molecular weight excluding hydrogens is 393 g/mol. The maximum atomic E-state index is 12.1. The molecule has 0 unspecified atom stereocenters. The fourth-order valence-electron chi connectivity index (χ4n) is 2.43. The number of carbonyl (C=O) groups excluding carboxylic acids is 2. The third-order valence-corrected chi connectivity index (χ3v) is 3.72. The summed E-state index contributed by atoms with van der Waals surface area (Å²) in [7, 11) is -4.67. The number of hydrogen-bond acceptors (Lipinski definition) is 3. The molecule has 1 rings (SSSR count). The Morgan fingerprint density at radius 1 is 1.21 bits per heavy atom. The molecule has 0 bridgehead atoms. The second-order valence-corrected chi connectivity index (χ2v) is 6.77. The highest BCUT2D eigenvalue weighted by Gasteiger charge is 2.23. The number of rotatable bonds is 9. The van der Waals surface area contributed by atoms with Gasteiger partial charge in [0.25, 0.3) is 0 Å². The fourth-order valence-corrected chi connectivity index (χ4v) is 2.43. The van der Waals surface area contributed by atoms with Crippen LogP contribution in [0.15, 0.2) is 24.4 Å². The van der Waals surface area contributed by atoms with Gasteiger partial charge >= 0.3 is 19.3 Å². The lowest BCUT2D eigenvalue weighted by Gasteiger charge is -2.18. The Morgan fingerprint density at radius 2 is 1.83 bits per heavy atom. The second kappa shape index (κ2) is 13.8. The van der Waals surface area contributed by atoms with E-state index in [1.54, 1.807) is 0 Å². The molecule has 11 heteroatoms. The van der Waals surface area contributed by atoms with Crippen molar-refractivity contribution in [3.63, 3.8) is 0 Å². The summed E-state index contributed by atoms with van der Waals surface area (Å²) >= 11 is 0. The quantitative estimate of drug-likeness (QED) is 0.277. The molecule has 2 N–H and O–H groups in total. The van der Waals surface area contributed by atoms with Gasteiger partial charge in [-0.2, -0.15) is 0 Å². The van der Waals surface area contributed by atoms with Gasteiger partial charge in [-0.05, 0) is 12.3 Å². The molecule has 0 aliphatic rings. The number of esters is 1. The smallest absolute Gasteiger partial charge is 0.467 e. The van der Waals surface area contributed by atoms with Crippen molar-refractivity contribution in [2.75, 3.05) is 7.11 Å². The van der Waals surface area contributed by atoms with Gasteiger partial charge in [0.1, 0.15) is 19.1 Å². The molecule has 1 aromatic rings. The van der Waals surface area contributed by atoms with Crippen LogP contribution in [0.5, 0.6) is 0 Å². The Morgan fingerprint density at radius 3 is 2.34 bits per heavy atom. The lowest BCUT2D eigenvalue weighted by molar-refractivity contribution is -0.704. The van der Waals surface area contributed by atoms with Crippen LogP contribution in [0.4, 0.5) is 22.1 Å². The number of halogens is 4. The molecule has 1 atom stereocenters. The summed E-state index contributed by atoms with van der Waals surface area (Å²) in [6.07, 6.45) is 4.76. The van der Waals surface area contributed by atoms with Crippen molar-refractivity contribution < 1.29 is 36.2 Å². The normalized spacial score (nSPS) is 11.9. The van der Waals surface area contributed by atoms with Crippen LogP contribution in [0.25, 0.3) is 0 Å². The average molecular weight is 423 g/mol. The number of unbranched alkanes of at least 4 members (excludes halogenated alkanes) is 1. The summed E-state index contributed by atoms with van der Waals surface area (Å²) in [5.74, 6) is -0.142. The molecule has 2 amide bonds. The summed E-state index contributed by atoms with van der Waals surface area (Å²) in [5, 5.41) is 5.52. The molecular formula is C18H30BF4N3O3. The van der Waals surface area contributed by atoms with E-state index in [9.17, 15) is 26.9 Å². The third kappa shape index (κ3) is 14.3. The van der Waals surface area contributed by atoms with Gasteiger partial charge in [0.05, 0.1) is 7.11 Å². The summed E-state index contributed by atoms with van der Waals surface area (Å²) < 4.78 is 45.9. The van der Waals surface area contributed by atoms with Crippen LogP contribution in [-0.2, 0) is 22.6 Å². The molecule has 1 heterocycles. The van der Waals surface area contributed by atoms with E-state index in [2.05, 4.69) is 22.1 Å². The molecule has 0 aromatic carbocycles. The topological polar surface area (TPSA) is 71.3 Å². The van der Waals surface area contributed by atoms with Crippen molar-refractivity contribution in [3.05, 3.63) is 30.1 Å². The van der Waals surface area contributed by atoms with Gasteiger partial charge in [-0.25, -0.2) is 14.2 Å². The maximum Gasteiger partial charge on any atom is 0.673 e. The Hall–Kier alpha value is -2.33. The zero-order valence-electron chi connectivity index (χ0n) is 17.3. The van der Waals surface area contributed by atoms with Crippen molar-refractivity contribution >= 4 is 19.3 Å². The standard InChI is InChI=1S/C18H29N3O3.BF4/c1-5-6-10-21-11-8-7-9-15(21)13-19-18(23)20-16(12-14(2)3)17(22)24-4;2-1(3,4)5/h7-9,11,14,16H,5-6,10,12-13H2,1-4H3,(H-,19,20,23);/q;-1/p+1/t16-;/m0./s1. The monoisotopic (exact) mass is 423 g/mol. The lowest BCUT2D eigenvalue weighted by Crippen LogP contribution is -2.48. The molecule has 6 nitrogen and oxygen atoms in total. The molecule has 0 fully saturated rings. The Labute approximate surface area is 169 Å². The van der Waals surface area contributed by atoms with E-state index >= 15 is 0 Å². The minimum Gasteiger partial charge on any atom is -0.467 e. The van der Waals surface area contributed by atoms with Crippen LogP contribution in [0, 0.1) is 5.92 Å². The van der Waals surface area contributed by atoms with Gasteiger partial charge in [-0.3, -0.25) is 0 Å². The van der Waals surface area contributed by atoms with E-state index in [4.69, 9.17) is 4.74 Å². The van der Waals surface area contributed by atoms with Crippen molar-refractivity contribution in [1.29, 1.82) is 0 Å². The fraction of sp³-hybridized carbons (Fsp3) is 0.611. The Balaban J connectivity index is 0.00000139. The van der Waals surface area contributed by atoms with E-state index in [-0.39, 0.29) is 11.9 Å². The van der Waals surface area contributed by atoms with Gasteiger partial charge in [-0.1, -0.05) is 33.3 Å². The van der Waals surface area contributed by atoms with Gasteiger partial charge < -0.3 is 32.6 Å². The first-order chi connectivity index (χ1) is 13.5. The Kier molecular flexibility index (Phi) is 12.7. The number of methoxy groups -OCH3 is 1. The van der Waals surface area contributed by atoms with E-state index in [0.717, 1.165) is 25.1 Å². The molecule has 1 aromatic heterocycles. The van der Waals surface area contributed by atoms with Crippen LogP contribution in [0.3, 0.4) is 0 Å². The molecule has 0 saturated carbocycles. The number of amides is 2. The summed E-state index contributed by atoms with van der Waals surface area (Å²) in [6, 6.07) is 4.93. The number of pyridine rings is 1. The van der Waals surface area contributed by atoms with Gasteiger partial charge in [0, 0.05) is 18.6 Å². The minimum absolute atomic E-state index is 0.278. The van der Waals surface area contributed by atoms with Gasteiger partial charge in [-0.15, -0.1) is 0 Å². The van der Waals surface area contributed by atoms with Crippen LogP contribution in [0.2, 0.25) is 0 Å². The summed E-state index contributed by atoms with van der Waals surface area (Å²) in [4.78, 5) is 23.9. The average Bonchev–Trinajstić information content (AvgIpc) is 2.62. The van der Waals surface area contributed by atoms with E-state index in [0.29, 0.717) is 13.0 Å². The number of aromatic nitrogens is 1. The molecule has 0 saturated heterocycles. The Bertz CT molecular complexity index is 625. The highest BCUT2D eigenvalue weighted by molar-refractivity contribution is 6.50. The predicted octanol–water partition coefficient (Wildman–Crippen LogP) is 3.46. The van der Waals surface area contributed by atoms with E-state index < -0.39 is 19.3 Å². The van der Waals surface area contributed by atoms with Crippen molar-refractivity contribution in [2.24, 2.45) is 5.92 Å². The summed E-state index contributed by atoms with van der Waals surface area (Å²) in [6.45, 7) is 7.48. The summed E-state index contributed by atoms with van der Waals surface area (Å²) in [5.41, 5.74) is 1.03. The first-order valence-corrected chi connectivity index (χ1v) is 9.44. The third-order valence-electron chi connectivity index (χ3n) is 3.72. The molecule has 166 valence electrons. The number of nitrogens with one attached hydrogen (secondary N) is 2. The lowest BCUT2D eigenvalue weighted by atomic mass is 10.0. The molecule has 0 aliphatic carbocycles. The maximum absolute atomic E-state index is 12.1. The SMILES string of the molecule is CCCC[n+]1ccccc1CNC(=O)N[C@@H](CC(C)C)C(=O)OC.F[B-](F)(F)F. The predicted molar refractivity (Wildman–Crippen MR) is 102 cm³/mol. The first-order valence-electron chi connectivity index (χ1n) is 9.44. The minimum atomic E-state index is -6.00. The number of aryl methyl sites for hydroxylation is 1. The van der Waals surface area contributed by atoms with Crippen molar-refractivity contribution in [3.8, 4) is 0 Å². The van der Waals surface area contributed by atoms with Crippen LogP contribution in [-0.4, -0.2) is 32.4 Å². The number of ether oxygens (including phenoxy) is 1. The molecule has 0 aliphatic heterocycles.